The summed E-state index contributed by atoms with van der Waals surface area (Å²) in [7, 11) is -3.84. The number of amides is 1. The van der Waals surface area contributed by atoms with Gasteiger partial charge in [0.15, 0.2) is 6.61 Å². The van der Waals surface area contributed by atoms with Gasteiger partial charge in [0.1, 0.15) is 5.75 Å². The lowest BCUT2D eigenvalue weighted by molar-refractivity contribution is -0.123. The third-order valence-electron chi connectivity index (χ3n) is 3.32. The first-order chi connectivity index (χ1) is 11.3. The topological polar surface area (TPSA) is 84.5 Å². The summed E-state index contributed by atoms with van der Waals surface area (Å²) >= 11 is 0. The van der Waals surface area contributed by atoms with E-state index in [0.29, 0.717) is 11.3 Å². The van der Waals surface area contributed by atoms with Crippen LogP contribution in [0.15, 0.2) is 47.4 Å². The minimum absolute atomic E-state index is 0.127. The molecule has 1 amide bonds. The fourth-order valence-electron chi connectivity index (χ4n) is 2.07. The van der Waals surface area contributed by atoms with Crippen molar-refractivity contribution < 1.29 is 17.9 Å². The lowest BCUT2D eigenvalue weighted by Gasteiger charge is -2.11. The van der Waals surface area contributed by atoms with Crippen LogP contribution < -0.4 is 15.0 Å². The largest absolute Gasteiger partial charge is 0.484 e. The number of hydrazine groups is 1. The second-order valence-corrected chi connectivity index (χ2v) is 7.18. The summed E-state index contributed by atoms with van der Waals surface area (Å²) in [6, 6.07) is 12.3. The monoisotopic (exact) mass is 348 g/mol. The molecule has 2 N–H and O–H groups in total. The van der Waals surface area contributed by atoms with Crippen LogP contribution in [0.25, 0.3) is 0 Å². The van der Waals surface area contributed by atoms with E-state index in [1.54, 1.807) is 38.1 Å². The predicted molar refractivity (Wildman–Crippen MR) is 91.1 cm³/mol. The number of aryl methyl sites for hydroxylation is 3. The molecule has 0 aromatic heterocycles. The highest BCUT2D eigenvalue weighted by atomic mass is 32.2. The van der Waals surface area contributed by atoms with Gasteiger partial charge in [0, 0.05) is 0 Å². The Kier molecular flexibility index (Phi) is 5.58. The molecule has 0 heterocycles. The molecular formula is C17H20N2O4S. The van der Waals surface area contributed by atoms with Crippen molar-refractivity contribution >= 4 is 15.9 Å². The van der Waals surface area contributed by atoms with Gasteiger partial charge in [-0.25, -0.2) is 8.42 Å². The van der Waals surface area contributed by atoms with Crippen molar-refractivity contribution in [3.05, 3.63) is 59.2 Å². The molecular weight excluding hydrogens is 328 g/mol. The number of hydrogen-bond donors (Lipinski definition) is 2. The van der Waals surface area contributed by atoms with E-state index >= 15 is 0 Å². The maximum atomic E-state index is 12.3. The van der Waals surface area contributed by atoms with Crippen LogP contribution in [0.4, 0.5) is 0 Å². The molecule has 0 fully saturated rings. The first kappa shape index (κ1) is 18.0. The Morgan fingerprint density at radius 3 is 2.46 bits per heavy atom. The molecule has 0 aliphatic rings. The SMILES string of the molecule is Cc1cccc(OCC(=O)NNS(=O)(=O)c2cc(C)ccc2C)c1. The zero-order valence-corrected chi connectivity index (χ0v) is 14.6. The first-order valence-electron chi connectivity index (χ1n) is 7.35. The van der Waals surface area contributed by atoms with Gasteiger partial charge in [0.2, 0.25) is 0 Å². The molecule has 7 heteroatoms. The van der Waals surface area contributed by atoms with Gasteiger partial charge in [-0.3, -0.25) is 10.2 Å². The summed E-state index contributed by atoms with van der Waals surface area (Å²) in [5.74, 6) is -0.0482. The molecule has 0 radical (unpaired) electrons. The van der Waals surface area contributed by atoms with Crippen LogP contribution in [-0.4, -0.2) is 20.9 Å². The van der Waals surface area contributed by atoms with E-state index in [9.17, 15) is 13.2 Å². The Balaban J connectivity index is 1.94. The van der Waals surface area contributed by atoms with Crippen molar-refractivity contribution in [2.75, 3.05) is 6.61 Å². The molecule has 6 nitrogen and oxygen atoms in total. The lowest BCUT2D eigenvalue weighted by Crippen LogP contribution is -2.43. The number of carbonyl (C=O) groups is 1. The van der Waals surface area contributed by atoms with Crippen molar-refractivity contribution in [1.82, 2.24) is 10.3 Å². The number of rotatable bonds is 6. The van der Waals surface area contributed by atoms with Gasteiger partial charge in [-0.1, -0.05) is 24.3 Å². The predicted octanol–water partition coefficient (Wildman–Crippen LogP) is 2.00. The maximum absolute atomic E-state index is 12.3. The van der Waals surface area contributed by atoms with Crippen LogP contribution in [0.1, 0.15) is 16.7 Å². The Hall–Kier alpha value is -2.38. The average Bonchev–Trinajstić information content (AvgIpc) is 2.53. The minimum Gasteiger partial charge on any atom is -0.484 e. The molecule has 128 valence electrons. The smallest absolute Gasteiger partial charge is 0.272 e. The fourth-order valence-corrected chi connectivity index (χ4v) is 3.26. The van der Waals surface area contributed by atoms with Gasteiger partial charge in [-0.05, 0) is 55.7 Å². The maximum Gasteiger partial charge on any atom is 0.272 e. The van der Waals surface area contributed by atoms with Crippen LogP contribution in [0.3, 0.4) is 0 Å². The Morgan fingerprint density at radius 2 is 1.75 bits per heavy atom. The van der Waals surface area contributed by atoms with Crippen LogP contribution >= 0.6 is 0 Å². The average molecular weight is 348 g/mol. The van der Waals surface area contributed by atoms with Gasteiger partial charge in [0.05, 0.1) is 4.90 Å². The molecule has 0 unspecified atom stereocenters. The standard InChI is InChI=1S/C17H20N2O4S/c1-12-5-4-6-15(9-12)23-11-17(20)18-19-24(21,22)16-10-13(2)7-8-14(16)3/h4-10,19H,11H2,1-3H3,(H,18,20). The lowest BCUT2D eigenvalue weighted by atomic mass is 10.2. The Bertz CT molecular complexity index is 847. The van der Waals surface area contributed by atoms with Gasteiger partial charge >= 0.3 is 0 Å². The zero-order chi connectivity index (χ0) is 17.7. The molecule has 0 aliphatic carbocycles. The molecule has 0 saturated heterocycles. The van der Waals surface area contributed by atoms with Gasteiger partial charge in [-0.15, -0.1) is 4.83 Å². The third-order valence-corrected chi connectivity index (χ3v) is 4.71. The zero-order valence-electron chi connectivity index (χ0n) is 13.8. The number of nitrogens with one attached hydrogen (secondary N) is 2. The van der Waals surface area contributed by atoms with Crippen LogP contribution in [0.5, 0.6) is 5.75 Å². The highest BCUT2D eigenvalue weighted by Crippen LogP contribution is 2.16. The number of sulfonamides is 1. The fraction of sp³-hybridized carbons (Fsp3) is 0.235. The van der Waals surface area contributed by atoms with Crippen LogP contribution in [0.2, 0.25) is 0 Å². The van der Waals surface area contributed by atoms with Crippen molar-refractivity contribution in [3.8, 4) is 5.75 Å². The van der Waals surface area contributed by atoms with Gasteiger partial charge < -0.3 is 4.74 Å². The van der Waals surface area contributed by atoms with E-state index in [-0.39, 0.29) is 11.5 Å². The quantitative estimate of drug-likeness (QED) is 0.782. The second-order valence-electron chi connectivity index (χ2n) is 5.53. The molecule has 0 atom stereocenters. The summed E-state index contributed by atoms with van der Waals surface area (Å²) in [5.41, 5.74) is 4.56. The summed E-state index contributed by atoms with van der Waals surface area (Å²) in [5, 5.41) is 0. The summed E-state index contributed by atoms with van der Waals surface area (Å²) < 4.78 is 29.8. The first-order valence-corrected chi connectivity index (χ1v) is 8.83. The summed E-state index contributed by atoms with van der Waals surface area (Å²) in [6.07, 6.45) is 0. The van der Waals surface area contributed by atoms with Crippen LogP contribution in [0, 0.1) is 20.8 Å². The molecule has 24 heavy (non-hydrogen) atoms. The molecule has 0 aliphatic heterocycles. The molecule has 0 bridgehead atoms. The van der Waals surface area contributed by atoms with E-state index in [2.05, 4.69) is 10.3 Å². The van der Waals surface area contributed by atoms with Crippen molar-refractivity contribution in [2.24, 2.45) is 0 Å². The van der Waals surface area contributed by atoms with E-state index in [1.165, 1.54) is 0 Å². The number of carbonyl (C=O) groups excluding carboxylic acids is 1. The Morgan fingerprint density at radius 1 is 1.04 bits per heavy atom. The Labute approximate surface area is 141 Å². The van der Waals surface area contributed by atoms with E-state index < -0.39 is 15.9 Å². The number of benzene rings is 2. The highest BCUT2D eigenvalue weighted by molar-refractivity contribution is 7.89. The van der Waals surface area contributed by atoms with Crippen molar-refractivity contribution in [1.29, 1.82) is 0 Å². The summed E-state index contributed by atoms with van der Waals surface area (Å²) in [6.45, 7) is 5.10. The second kappa shape index (κ2) is 7.46. The van der Waals surface area contributed by atoms with Gasteiger partial charge in [0.25, 0.3) is 15.9 Å². The van der Waals surface area contributed by atoms with Crippen molar-refractivity contribution in [2.45, 2.75) is 25.7 Å². The highest BCUT2D eigenvalue weighted by Gasteiger charge is 2.17. The van der Waals surface area contributed by atoms with Gasteiger partial charge in [-0.2, -0.15) is 0 Å². The molecule has 0 spiro atoms. The minimum atomic E-state index is -3.84. The molecule has 2 aromatic carbocycles. The number of ether oxygens (including phenoxy) is 1. The van der Waals surface area contributed by atoms with Crippen molar-refractivity contribution in [3.63, 3.8) is 0 Å². The molecule has 2 rings (SSSR count). The number of hydrogen-bond acceptors (Lipinski definition) is 4. The van der Waals surface area contributed by atoms with Crippen LogP contribution in [-0.2, 0) is 14.8 Å². The van der Waals surface area contributed by atoms with E-state index in [1.807, 2.05) is 25.1 Å². The third kappa shape index (κ3) is 4.81. The molecule has 0 saturated carbocycles. The molecule has 2 aromatic rings. The summed E-state index contributed by atoms with van der Waals surface area (Å²) in [4.78, 5) is 14.0. The normalized spacial score (nSPS) is 11.1. The van der Waals surface area contributed by atoms with E-state index in [0.717, 1.165) is 11.1 Å². The van der Waals surface area contributed by atoms with E-state index in [4.69, 9.17) is 4.74 Å².